The van der Waals surface area contributed by atoms with Crippen molar-refractivity contribution in [2.45, 2.75) is 0 Å². The van der Waals surface area contributed by atoms with E-state index in [0.717, 1.165) is 5.56 Å². The second kappa shape index (κ2) is 4.53. The number of halogens is 1. The summed E-state index contributed by atoms with van der Waals surface area (Å²) in [5.74, 6) is -0.0688. The molecule has 0 aliphatic carbocycles. The molecule has 0 saturated heterocycles. The Morgan fingerprint density at radius 2 is 1.89 bits per heavy atom. The fourth-order valence-electron chi connectivity index (χ4n) is 2.03. The summed E-state index contributed by atoms with van der Waals surface area (Å²) in [6.07, 6.45) is 2.70. The third kappa shape index (κ3) is 1.95. The Labute approximate surface area is 109 Å². The maximum absolute atomic E-state index is 13.8. The van der Waals surface area contributed by atoms with Gasteiger partial charge >= 0.3 is 0 Å². The molecule has 0 atom stereocenters. The normalized spacial score (nSPS) is 10.6. The Balaban J connectivity index is 2.23. The molecular formula is C14H11FN4. The van der Waals surface area contributed by atoms with Crippen LogP contribution in [0.2, 0.25) is 0 Å². The van der Waals surface area contributed by atoms with E-state index in [9.17, 15) is 4.39 Å². The number of rotatable bonds is 2. The van der Waals surface area contributed by atoms with Gasteiger partial charge in [-0.2, -0.15) is 5.10 Å². The molecular weight excluding hydrogens is 243 g/mol. The molecule has 0 fully saturated rings. The van der Waals surface area contributed by atoms with Gasteiger partial charge in [-0.25, -0.2) is 4.39 Å². The zero-order valence-electron chi connectivity index (χ0n) is 9.97. The highest BCUT2D eigenvalue weighted by Gasteiger charge is 2.16. The lowest BCUT2D eigenvalue weighted by atomic mass is 10.0. The highest BCUT2D eigenvalue weighted by Crippen LogP contribution is 2.35. The number of H-pyrrole nitrogens is 1. The summed E-state index contributed by atoms with van der Waals surface area (Å²) in [7, 11) is 0. The lowest BCUT2D eigenvalue weighted by molar-refractivity contribution is 0.624. The van der Waals surface area contributed by atoms with Gasteiger partial charge in [0.2, 0.25) is 0 Å². The van der Waals surface area contributed by atoms with Crippen LogP contribution in [0.3, 0.4) is 0 Å². The third-order valence-corrected chi connectivity index (χ3v) is 2.90. The second-order valence-electron chi connectivity index (χ2n) is 4.08. The van der Waals surface area contributed by atoms with Gasteiger partial charge in [0.15, 0.2) is 11.6 Å². The number of nitrogens with two attached hydrogens (primary N) is 1. The average Bonchev–Trinajstić information content (AvgIpc) is 2.82. The van der Waals surface area contributed by atoms with Gasteiger partial charge in [-0.05, 0) is 11.6 Å². The third-order valence-electron chi connectivity index (χ3n) is 2.90. The van der Waals surface area contributed by atoms with Gasteiger partial charge in [0, 0.05) is 11.8 Å². The molecule has 0 bridgehead atoms. The van der Waals surface area contributed by atoms with Crippen LogP contribution in [0.5, 0.6) is 0 Å². The SMILES string of the molecule is Nc1n[nH]c(-c2ccncc2F)c1-c1ccccc1. The van der Waals surface area contributed by atoms with Crippen molar-refractivity contribution < 1.29 is 4.39 Å². The number of aromatic amines is 1. The monoisotopic (exact) mass is 254 g/mol. The van der Waals surface area contributed by atoms with Crippen molar-refractivity contribution in [1.82, 2.24) is 15.2 Å². The first-order valence-electron chi connectivity index (χ1n) is 5.76. The summed E-state index contributed by atoms with van der Waals surface area (Å²) in [6, 6.07) is 11.1. The molecule has 0 unspecified atom stereocenters. The van der Waals surface area contributed by atoms with Crippen molar-refractivity contribution in [3.05, 3.63) is 54.6 Å². The zero-order chi connectivity index (χ0) is 13.2. The van der Waals surface area contributed by atoms with Gasteiger partial charge in [-0.15, -0.1) is 0 Å². The van der Waals surface area contributed by atoms with Crippen LogP contribution in [0.4, 0.5) is 10.2 Å². The summed E-state index contributed by atoms with van der Waals surface area (Å²) < 4.78 is 13.8. The maximum Gasteiger partial charge on any atom is 0.153 e. The van der Waals surface area contributed by atoms with Crippen LogP contribution in [0.25, 0.3) is 22.4 Å². The lowest BCUT2D eigenvalue weighted by Gasteiger charge is -2.05. The van der Waals surface area contributed by atoms with Crippen molar-refractivity contribution in [1.29, 1.82) is 0 Å². The fraction of sp³-hybridized carbons (Fsp3) is 0. The molecule has 0 saturated carbocycles. The first-order chi connectivity index (χ1) is 9.27. The molecule has 3 rings (SSSR count). The van der Waals surface area contributed by atoms with Crippen LogP contribution in [-0.2, 0) is 0 Å². The molecule has 3 aromatic rings. The van der Waals surface area contributed by atoms with E-state index >= 15 is 0 Å². The van der Waals surface area contributed by atoms with E-state index in [-0.39, 0.29) is 0 Å². The van der Waals surface area contributed by atoms with E-state index in [4.69, 9.17) is 5.73 Å². The predicted octanol–water partition coefficient (Wildman–Crippen LogP) is 2.86. The van der Waals surface area contributed by atoms with Gasteiger partial charge in [0.1, 0.15) is 0 Å². The molecule has 0 amide bonds. The average molecular weight is 254 g/mol. The molecule has 19 heavy (non-hydrogen) atoms. The van der Waals surface area contributed by atoms with Crippen LogP contribution >= 0.6 is 0 Å². The van der Waals surface area contributed by atoms with Crippen molar-refractivity contribution in [3.8, 4) is 22.4 Å². The molecule has 5 heteroatoms. The number of nitrogen functional groups attached to an aromatic ring is 1. The Kier molecular flexibility index (Phi) is 2.72. The highest BCUT2D eigenvalue weighted by atomic mass is 19.1. The maximum atomic E-state index is 13.8. The summed E-state index contributed by atoms with van der Waals surface area (Å²) >= 11 is 0. The van der Waals surface area contributed by atoms with Crippen LogP contribution in [0.15, 0.2) is 48.8 Å². The fourth-order valence-corrected chi connectivity index (χ4v) is 2.03. The van der Waals surface area contributed by atoms with Gasteiger partial charge < -0.3 is 5.73 Å². The van der Waals surface area contributed by atoms with Crippen molar-refractivity contribution >= 4 is 5.82 Å². The summed E-state index contributed by atoms with van der Waals surface area (Å²) in [5, 5.41) is 6.76. The molecule has 2 heterocycles. The Morgan fingerprint density at radius 3 is 2.63 bits per heavy atom. The predicted molar refractivity (Wildman–Crippen MR) is 71.6 cm³/mol. The first kappa shape index (κ1) is 11.4. The molecule has 3 N–H and O–H groups in total. The van der Waals surface area contributed by atoms with Gasteiger partial charge in [0.25, 0.3) is 0 Å². The second-order valence-corrected chi connectivity index (χ2v) is 4.08. The number of nitrogens with one attached hydrogen (secondary N) is 1. The van der Waals surface area contributed by atoms with Crippen LogP contribution < -0.4 is 5.73 Å². The Bertz CT molecular complexity index is 706. The topological polar surface area (TPSA) is 67.6 Å². The van der Waals surface area contributed by atoms with E-state index in [2.05, 4.69) is 15.2 Å². The van der Waals surface area contributed by atoms with Crippen LogP contribution in [-0.4, -0.2) is 15.2 Å². The van der Waals surface area contributed by atoms with E-state index in [1.165, 1.54) is 12.4 Å². The number of pyridine rings is 1. The minimum absolute atomic E-state index is 0.345. The number of hydrogen-bond donors (Lipinski definition) is 2. The summed E-state index contributed by atoms with van der Waals surface area (Å²) in [4.78, 5) is 3.74. The Hall–Kier alpha value is -2.69. The number of aromatic nitrogens is 3. The van der Waals surface area contributed by atoms with E-state index < -0.39 is 5.82 Å². The number of hydrogen-bond acceptors (Lipinski definition) is 3. The molecule has 4 nitrogen and oxygen atoms in total. The number of benzene rings is 1. The van der Waals surface area contributed by atoms with Crippen LogP contribution in [0, 0.1) is 5.82 Å². The van der Waals surface area contributed by atoms with Gasteiger partial charge in [-0.3, -0.25) is 10.1 Å². The number of anilines is 1. The minimum atomic E-state index is -0.414. The number of nitrogens with zero attached hydrogens (tertiary/aromatic N) is 2. The zero-order valence-corrected chi connectivity index (χ0v) is 9.97. The van der Waals surface area contributed by atoms with E-state index in [1.54, 1.807) is 6.07 Å². The molecule has 1 aromatic carbocycles. The van der Waals surface area contributed by atoms with Gasteiger partial charge in [-0.1, -0.05) is 30.3 Å². The summed E-state index contributed by atoms with van der Waals surface area (Å²) in [5.41, 5.74) is 8.43. The molecule has 2 aromatic heterocycles. The molecule has 0 radical (unpaired) electrons. The smallest absolute Gasteiger partial charge is 0.153 e. The van der Waals surface area contributed by atoms with Crippen molar-refractivity contribution in [2.75, 3.05) is 5.73 Å². The lowest BCUT2D eigenvalue weighted by Crippen LogP contribution is -1.90. The highest BCUT2D eigenvalue weighted by molar-refractivity contribution is 5.87. The molecule has 94 valence electrons. The van der Waals surface area contributed by atoms with Crippen molar-refractivity contribution in [3.63, 3.8) is 0 Å². The van der Waals surface area contributed by atoms with E-state index in [1.807, 2.05) is 30.3 Å². The Morgan fingerprint density at radius 1 is 1.11 bits per heavy atom. The summed E-state index contributed by atoms with van der Waals surface area (Å²) in [6.45, 7) is 0. The first-order valence-corrected chi connectivity index (χ1v) is 5.76. The minimum Gasteiger partial charge on any atom is -0.382 e. The quantitative estimate of drug-likeness (QED) is 0.738. The van der Waals surface area contributed by atoms with Crippen LogP contribution in [0.1, 0.15) is 0 Å². The van der Waals surface area contributed by atoms with Crippen molar-refractivity contribution in [2.24, 2.45) is 0 Å². The van der Waals surface area contributed by atoms with Gasteiger partial charge in [0.05, 0.1) is 17.5 Å². The molecule has 0 aliphatic heterocycles. The standard InChI is InChI=1S/C14H11FN4/c15-11-8-17-7-6-10(11)13-12(14(16)19-18-13)9-4-2-1-3-5-9/h1-8H,(H3,16,18,19). The molecule has 0 spiro atoms. The largest absolute Gasteiger partial charge is 0.382 e. The van der Waals surface area contributed by atoms with E-state index in [0.29, 0.717) is 22.6 Å². The molecule has 0 aliphatic rings.